The van der Waals surface area contributed by atoms with E-state index in [0.717, 1.165) is 13.1 Å². The van der Waals surface area contributed by atoms with E-state index in [0.29, 0.717) is 0 Å². The molecule has 0 radical (unpaired) electrons. The van der Waals surface area contributed by atoms with Crippen LogP contribution in [-0.4, -0.2) is 35.8 Å². The Bertz CT molecular complexity index is 155. The Morgan fingerprint density at radius 2 is 1.27 bits per heavy atom. The summed E-state index contributed by atoms with van der Waals surface area (Å²) in [6, 6.07) is 0. The smallest absolute Gasteiger partial charge is 0.132 e. The van der Waals surface area contributed by atoms with E-state index in [-0.39, 0.29) is 0 Å². The number of rotatable bonds is 6. The molecule has 2 aliphatic rings. The molecule has 2 heterocycles. The Hall–Kier alpha value is -1.06. The fraction of sp³-hybridized carbons (Fsp3) is 0.714. The quantitative estimate of drug-likeness (QED) is 0.524. The van der Waals surface area contributed by atoms with E-state index < -0.39 is 0 Å². The van der Waals surface area contributed by atoms with E-state index in [2.05, 4.69) is 10.2 Å². The van der Waals surface area contributed by atoms with Crippen LogP contribution in [-0.2, 0) is 0 Å². The second-order valence-electron chi connectivity index (χ2n) is 2.85. The van der Waals surface area contributed by atoms with E-state index in [4.69, 9.17) is 0 Å². The van der Waals surface area contributed by atoms with E-state index in [9.17, 15) is 0 Å². The first kappa shape index (κ1) is 6.64. The Morgan fingerprint density at radius 1 is 0.818 bits per heavy atom. The van der Waals surface area contributed by atoms with E-state index >= 15 is 0 Å². The number of hydrogen-bond acceptors (Lipinski definition) is 4. The predicted molar refractivity (Wildman–Crippen MR) is 44.2 cm³/mol. The summed E-state index contributed by atoms with van der Waals surface area (Å²) in [4.78, 5) is 0. The van der Waals surface area contributed by atoms with Gasteiger partial charge in [-0.05, 0) is 19.3 Å². The van der Waals surface area contributed by atoms with Crippen molar-refractivity contribution in [3.05, 3.63) is 0 Å². The second kappa shape index (κ2) is 2.90. The molecule has 4 nitrogen and oxygen atoms in total. The lowest BCUT2D eigenvalue weighted by Gasteiger charge is -2.00. The summed E-state index contributed by atoms with van der Waals surface area (Å²) in [5.41, 5.74) is 0. The van der Waals surface area contributed by atoms with Crippen LogP contribution in [0.2, 0.25) is 0 Å². The maximum absolute atomic E-state index is 3.92. The van der Waals surface area contributed by atoms with Crippen molar-refractivity contribution in [1.82, 2.24) is 10.0 Å². The molecule has 0 saturated carbocycles. The Labute approximate surface area is 66.2 Å². The van der Waals surface area contributed by atoms with Gasteiger partial charge in [0.25, 0.3) is 0 Å². The monoisotopic (exact) mass is 152 g/mol. The van der Waals surface area contributed by atoms with Gasteiger partial charge in [0.2, 0.25) is 0 Å². The fourth-order valence-electron chi connectivity index (χ4n) is 1.03. The van der Waals surface area contributed by atoms with Gasteiger partial charge in [0.15, 0.2) is 0 Å². The summed E-state index contributed by atoms with van der Waals surface area (Å²) in [6.45, 7) is 2.20. The second-order valence-corrected chi connectivity index (χ2v) is 2.85. The van der Waals surface area contributed by atoms with E-state index in [1.165, 1.54) is 19.3 Å². The van der Waals surface area contributed by atoms with Crippen molar-refractivity contribution in [3.63, 3.8) is 0 Å². The molecule has 2 aliphatic heterocycles. The van der Waals surface area contributed by atoms with Crippen LogP contribution in [0.5, 0.6) is 0 Å². The number of hydrazone groups is 2. The third-order valence-corrected chi connectivity index (χ3v) is 1.83. The molecule has 60 valence electrons. The van der Waals surface area contributed by atoms with Crippen LogP contribution in [0.3, 0.4) is 0 Å². The topological polar surface area (TPSA) is 30.7 Å². The third-order valence-electron chi connectivity index (χ3n) is 1.83. The molecule has 0 atom stereocenters. The van der Waals surface area contributed by atoms with Gasteiger partial charge in [0.05, 0.1) is 0 Å². The predicted octanol–water partition coefficient (Wildman–Crippen LogP) is 0.674. The summed E-state index contributed by atoms with van der Waals surface area (Å²) >= 11 is 0. The van der Waals surface area contributed by atoms with Crippen LogP contribution in [0.15, 0.2) is 10.2 Å². The molecule has 0 unspecified atom stereocenters. The molecule has 4 heteroatoms. The van der Waals surface area contributed by atoms with Crippen LogP contribution in [0, 0.1) is 0 Å². The van der Waals surface area contributed by atoms with Gasteiger partial charge in [-0.15, -0.1) is 0 Å². The number of unbranched alkanes of at least 4 members (excludes halogenated alkanes) is 2. The highest BCUT2D eigenvalue weighted by Gasteiger charge is 2.08. The van der Waals surface area contributed by atoms with Crippen LogP contribution in [0.1, 0.15) is 19.3 Å². The average Bonchev–Trinajstić information content (AvgIpc) is 2.83. The lowest BCUT2D eigenvalue weighted by Crippen LogP contribution is -2.03. The van der Waals surface area contributed by atoms with E-state index in [1.807, 2.05) is 22.7 Å². The van der Waals surface area contributed by atoms with Crippen molar-refractivity contribution in [2.24, 2.45) is 10.2 Å². The molecule has 0 N–H and O–H groups in total. The lowest BCUT2D eigenvalue weighted by molar-refractivity contribution is 0.475. The van der Waals surface area contributed by atoms with Gasteiger partial charge in [-0.3, -0.25) is 10.0 Å². The molecule has 0 aromatic heterocycles. The van der Waals surface area contributed by atoms with Crippen molar-refractivity contribution < 1.29 is 0 Å². The molecule has 11 heavy (non-hydrogen) atoms. The molecular formula is C7H12N4. The molecule has 0 saturated heterocycles. The summed E-state index contributed by atoms with van der Waals surface area (Å²) in [6.07, 6.45) is 7.50. The summed E-state index contributed by atoms with van der Waals surface area (Å²) < 4.78 is 0. The standard InChI is InChI=1S/C7H12N4/c1(2-4-10-6-8-10)3-5-11-7-9-11/h6-7H,1-5H2. The maximum atomic E-state index is 3.92. The van der Waals surface area contributed by atoms with Crippen LogP contribution < -0.4 is 0 Å². The first-order valence-corrected chi connectivity index (χ1v) is 4.07. The maximum Gasteiger partial charge on any atom is 0.132 e. The number of nitrogens with zero attached hydrogens (tertiary/aromatic N) is 4. The van der Waals surface area contributed by atoms with Gasteiger partial charge in [0, 0.05) is 13.1 Å². The minimum Gasteiger partial charge on any atom is -0.251 e. The van der Waals surface area contributed by atoms with Crippen LogP contribution >= 0.6 is 0 Å². The van der Waals surface area contributed by atoms with Gasteiger partial charge in [-0.1, -0.05) is 0 Å². The van der Waals surface area contributed by atoms with Gasteiger partial charge >= 0.3 is 0 Å². The molecule has 0 aromatic carbocycles. The van der Waals surface area contributed by atoms with Crippen LogP contribution in [0.25, 0.3) is 0 Å². The van der Waals surface area contributed by atoms with Gasteiger partial charge in [-0.2, -0.15) is 10.2 Å². The molecule has 0 bridgehead atoms. The minimum atomic E-state index is 1.10. The first-order chi connectivity index (χ1) is 5.45. The molecule has 2 rings (SSSR count). The zero-order valence-electron chi connectivity index (χ0n) is 6.48. The SMILES string of the molecule is C1=NN1CCCCCN1C=N1. The molecule has 0 spiro atoms. The average molecular weight is 152 g/mol. The lowest BCUT2D eigenvalue weighted by atomic mass is 10.2. The Morgan fingerprint density at radius 3 is 1.64 bits per heavy atom. The van der Waals surface area contributed by atoms with Crippen molar-refractivity contribution in [2.75, 3.05) is 13.1 Å². The third kappa shape index (κ3) is 2.57. The zero-order valence-corrected chi connectivity index (χ0v) is 6.48. The highest BCUT2D eigenvalue weighted by molar-refractivity contribution is 5.65. The van der Waals surface area contributed by atoms with Crippen molar-refractivity contribution >= 4 is 12.7 Å². The normalized spacial score (nSPS) is 17.8. The highest BCUT2D eigenvalue weighted by atomic mass is 15.6. The van der Waals surface area contributed by atoms with Gasteiger partial charge in [-0.25, -0.2) is 0 Å². The van der Waals surface area contributed by atoms with E-state index in [1.54, 1.807) is 0 Å². The summed E-state index contributed by atoms with van der Waals surface area (Å²) in [5.74, 6) is 0. The molecular weight excluding hydrogens is 140 g/mol. The van der Waals surface area contributed by atoms with Crippen LogP contribution in [0.4, 0.5) is 0 Å². The zero-order chi connectivity index (χ0) is 7.52. The van der Waals surface area contributed by atoms with Gasteiger partial charge < -0.3 is 0 Å². The summed E-state index contributed by atoms with van der Waals surface area (Å²) in [5, 5.41) is 11.8. The molecule has 0 aliphatic carbocycles. The van der Waals surface area contributed by atoms with Crippen molar-refractivity contribution in [3.8, 4) is 0 Å². The Kier molecular flexibility index (Phi) is 1.75. The van der Waals surface area contributed by atoms with Crippen molar-refractivity contribution in [1.29, 1.82) is 0 Å². The highest BCUT2D eigenvalue weighted by Crippen LogP contribution is 2.06. The fourth-order valence-corrected chi connectivity index (χ4v) is 1.03. The summed E-state index contributed by atoms with van der Waals surface area (Å²) in [7, 11) is 0. The molecule has 0 aromatic rings. The van der Waals surface area contributed by atoms with Gasteiger partial charge in [0.1, 0.15) is 12.7 Å². The number of hydrogen-bond donors (Lipinski definition) is 0. The largest absolute Gasteiger partial charge is 0.251 e. The molecule has 0 fully saturated rings. The van der Waals surface area contributed by atoms with Crippen molar-refractivity contribution in [2.45, 2.75) is 19.3 Å². The first-order valence-electron chi connectivity index (χ1n) is 4.07. The molecule has 0 amide bonds. The minimum absolute atomic E-state index is 1.10. The Balaban J connectivity index is 1.35.